The minimum absolute atomic E-state index is 0.696. The van der Waals surface area contributed by atoms with Crippen LogP contribution in [0.5, 0.6) is 0 Å². The maximum atomic E-state index is 4.63. The van der Waals surface area contributed by atoms with Gasteiger partial charge in [0.1, 0.15) is 5.82 Å². The Morgan fingerprint density at radius 1 is 1.00 bits per heavy atom. The van der Waals surface area contributed by atoms with E-state index < -0.39 is 0 Å². The summed E-state index contributed by atoms with van der Waals surface area (Å²) in [5, 5.41) is 10.5. The first-order valence-electron chi connectivity index (χ1n) is 6.63. The summed E-state index contributed by atoms with van der Waals surface area (Å²) in [5.41, 5.74) is 6.01. The van der Waals surface area contributed by atoms with Crippen LogP contribution in [0.2, 0.25) is 0 Å². The molecule has 0 radical (unpaired) electrons. The molecule has 0 spiro atoms. The Morgan fingerprint density at radius 2 is 1.70 bits per heavy atom. The number of aromatic amines is 1. The lowest BCUT2D eigenvalue weighted by atomic mass is 10.2. The maximum Gasteiger partial charge on any atom is 0.148 e. The number of anilines is 1. The molecule has 0 aliphatic heterocycles. The van der Waals surface area contributed by atoms with Crippen LogP contribution in [-0.4, -0.2) is 20.2 Å². The van der Waals surface area contributed by atoms with Gasteiger partial charge >= 0.3 is 0 Å². The molecule has 0 aliphatic carbocycles. The highest BCUT2D eigenvalue weighted by Crippen LogP contribution is 2.18. The summed E-state index contributed by atoms with van der Waals surface area (Å²) in [7, 11) is 0. The van der Waals surface area contributed by atoms with E-state index in [0.717, 1.165) is 33.9 Å². The van der Waals surface area contributed by atoms with Crippen LogP contribution in [0.25, 0.3) is 11.0 Å². The first kappa shape index (κ1) is 12.6. The molecule has 5 nitrogen and oxygen atoms in total. The van der Waals surface area contributed by atoms with Gasteiger partial charge in [-0.3, -0.25) is 5.10 Å². The molecule has 0 saturated carbocycles. The third-order valence-corrected chi connectivity index (χ3v) is 3.46. The van der Waals surface area contributed by atoms with Crippen LogP contribution in [0.3, 0.4) is 0 Å². The molecule has 2 aromatic heterocycles. The number of hydrogen-bond donors (Lipinski definition) is 2. The van der Waals surface area contributed by atoms with E-state index in [2.05, 4.69) is 25.5 Å². The number of benzene rings is 1. The Morgan fingerprint density at radius 3 is 2.35 bits per heavy atom. The number of H-pyrrole nitrogens is 1. The van der Waals surface area contributed by atoms with Gasteiger partial charge in [-0.05, 0) is 32.9 Å². The van der Waals surface area contributed by atoms with Crippen LogP contribution < -0.4 is 5.32 Å². The molecule has 0 saturated heterocycles. The largest absolute Gasteiger partial charge is 0.364 e. The van der Waals surface area contributed by atoms with E-state index in [4.69, 9.17) is 0 Å². The number of fused-ring (bicyclic) bond motifs is 1. The number of hydrogen-bond acceptors (Lipinski definition) is 4. The summed E-state index contributed by atoms with van der Waals surface area (Å²) in [6.45, 7) is 6.69. The second-order valence-corrected chi connectivity index (χ2v) is 4.91. The van der Waals surface area contributed by atoms with Crippen LogP contribution in [0.1, 0.15) is 22.6 Å². The molecule has 2 heterocycles. The minimum Gasteiger partial charge on any atom is -0.364 e. The van der Waals surface area contributed by atoms with Crippen molar-refractivity contribution in [3.63, 3.8) is 0 Å². The average Bonchev–Trinajstić information content (AvgIpc) is 2.76. The van der Waals surface area contributed by atoms with Crippen molar-refractivity contribution in [1.82, 2.24) is 20.2 Å². The van der Waals surface area contributed by atoms with Gasteiger partial charge in [0.15, 0.2) is 0 Å². The monoisotopic (exact) mass is 267 g/mol. The van der Waals surface area contributed by atoms with E-state index in [9.17, 15) is 0 Å². The molecule has 102 valence electrons. The lowest BCUT2D eigenvalue weighted by Crippen LogP contribution is -2.06. The molecular weight excluding hydrogens is 250 g/mol. The summed E-state index contributed by atoms with van der Waals surface area (Å²) in [6, 6.07) is 7.90. The lowest BCUT2D eigenvalue weighted by molar-refractivity contribution is 1.02. The molecule has 0 unspecified atom stereocenters. The summed E-state index contributed by atoms with van der Waals surface area (Å²) in [5.74, 6) is 0.823. The molecule has 3 rings (SSSR count). The van der Waals surface area contributed by atoms with Gasteiger partial charge in [-0.15, -0.1) is 0 Å². The van der Waals surface area contributed by atoms with Gasteiger partial charge in [-0.25, -0.2) is 9.97 Å². The van der Waals surface area contributed by atoms with Crippen molar-refractivity contribution in [1.29, 1.82) is 0 Å². The van der Waals surface area contributed by atoms with Gasteiger partial charge in [0, 0.05) is 17.8 Å². The van der Waals surface area contributed by atoms with Crippen LogP contribution in [-0.2, 0) is 6.54 Å². The highest BCUT2D eigenvalue weighted by atomic mass is 15.1. The van der Waals surface area contributed by atoms with E-state index >= 15 is 0 Å². The van der Waals surface area contributed by atoms with Gasteiger partial charge in [-0.1, -0.05) is 12.1 Å². The molecule has 0 aliphatic rings. The number of para-hydroxylation sites is 2. The zero-order valence-electron chi connectivity index (χ0n) is 11.9. The molecule has 0 bridgehead atoms. The predicted molar refractivity (Wildman–Crippen MR) is 79.7 cm³/mol. The smallest absolute Gasteiger partial charge is 0.148 e. The van der Waals surface area contributed by atoms with E-state index in [0.29, 0.717) is 6.54 Å². The van der Waals surface area contributed by atoms with Crippen LogP contribution >= 0.6 is 0 Å². The number of nitrogens with zero attached hydrogens (tertiary/aromatic N) is 3. The molecule has 0 fully saturated rings. The first-order chi connectivity index (χ1) is 9.65. The van der Waals surface area contributed by atoms with Crippen LogP contribution in [0.15, 0.2) is 24.3 Å². The van der Waals surface area contributed by atoms with Crippen molar-refractivity contribution in [2.45, 2.75) is 27.3 Å². The Hall–Kier alpha value is -2.43. The highest BCUT2D eigenvalue weighted by molar-refractivity contribution is 5.76. The molecular formula is C15H17N5. The van der Waals surface area contributed by atoms with Crippen LogP contribution in [0, 0.1) is 20.8 Å². The number of nitrogens with one attached hydrogen (secondary N) is 2. The van der Waals surface area contributed by atoms with E-state index in [1.165, 1.54) is 5.56 Å². The van der Waals surface area contributed by atoms with E-state index in [-0.39, 0.29) is 0 Å². The van der Waals surface area contributed by atoms with Crippen molar-refractivity contribution in [3.8, 4) is 0 Å². The third-order valence-electron chi connectivity index (χ3n) is 3.46. The second-order valence-electron chi connectivity index (χ2n) is 4.91. The Bertz CT molecular complexity index is 741. The SMILES string of the molecule is Cc1nc2ccccc2nc1NCc1c(C)n[nH]c1C. The molecule has 1 aromatic carbocycles. The Kier molecular flexibility index (Phi) is 3.10. The summed E-state index contributed by atoms with van der Waals surface area (Å²) >= 11 is 0. The Labute approximate surface area is 117 Å². The Balaban J connectivity index is 1.89. The van der Waals surface area contributed by atoms with Crippen molar-refractivity contribution in [2.75, 3.05) is 5.32 Å². The lowest BCUT2D eigenvalue weighted by Gasteiger charge is -2.09. The van der Waals surface area contributed by atoms with Crippen molar-refractivity contribution >= 4 is 16.9 Å². The van der Waals surface area contributed by atoms with Gasteiger partial charge in [-0.2, -0.15) is 5.10 Å². The second kappa shape index (κ2) is 4.92. The topological polar surface area (TPSA) is 66.5 Å². The quantitative estimate of drug-likeness (QED) is 0.765. The van der Waals surface area contributed by atoms with Gasteiger partial charge in [0.25, 0.3) is 0 Å². The number of rotatable bonds is 3. The molecule has 3 aromatic rings. The van der Waals surface area contributed by atoms with Crippen molar-refractivity contribution in [3.05, 3.63) is 46.9 Å². The van der Waals surface area contributed by atoms with E-state index in [1.54, 1.807) is 0 Å². The van der Waals surface area contributed by atoms with E-state index in [1.807, 2.05) is 45.0 Å². The van der Waals surface area contributed by atoms with Crippen molar-refractivity contribution < 1.29 is 0 Å². The average molecular weight is 267 g/mol. The zero-order chi connectivity index (χ0) is 14.1. The fraction of sp³-hybridized carbons (Fsp3) is 0.267. The summed E-state index contributed by atoms with van der Waals surface area (Å²) in [4.78, 5) is 9.20. The number of aromatic nitrogens is 4. The summed E-state index contributed by atoms with van der Waals surface area (Å²) in [6.07, 6.45) is 0. The fourth-order valence-corrected chi connectivity index (χ4v) is 2.26. The highest BCUT2D eigenvalue weighted by Gasteiger charge is 2.08. The molecule has 5 heteroatoms. The zero-order valence-corrected chi connectivity index (χ0v) is 11.9. The van der Waals surface area contributed by atoms with Gasteiger partial charge < -0.3 is 5.32 Å². The maximum absolute atomic E-state index is 4.63. The predicted octanol–water partition coefficient (Wildman–Crippen LogP) is 2.89. The number of aryl methyl sites for hydroxylation is 3. The molecule has 2 N–H and O–H groups in total. The molecule has 0 amide bonds. The van der Waals surface area contributed by atoms with Gasteiger partial charge in [0.05, 0.1) is 22.4 Å². The standard InChI is InChI=1S/C15H17N5/c1-9-12(10(2)20-19-9)8-16-15-11(3)17-13-6-4-5-7-14(13)18-15/h4-7H,8H2,1-3H3,(H,16,18)(H,19,20). The fourth-order valence-electron chi connectivity index (χ4n) is 2.26. The van der Waals surface area contributed by atoms with Crippen LogP contribution in [0.4, 0.5) is 5.82 Å². The summed E-state index contributed by atoms with van der Waals surface area (Å²) < 4.78 is 0. The molecule has 20 heavy (non-hydrogen) atoms. The third kappa shape index (κ3) is 2.22. The van der Waals surface area contributed by atoms with Crippen molar-refractivity contribution in [2.24, 2.45) is 0 Å². The minimum atomic E-state index is 0.696. The first-order valence-corrected chi connectivity index (χ1v) is 6.63. The molecule has 0 atom stereocenters. The van der Waals surface area contributed by atoms with Gasteiger partial charge in [0.2, 0.25) is 0 Å². The normalized spacial score (nSPS) is 10.9.